The molecule has 1 saturated heterocycles. The number of furan rings is 1. The molecule has 7 nitrogen and oxygen atoms in total. The van der Waals surface area contributed by atoms with Gasteiger partial charge in [-0.1, -0.05) is 0 Å². The molecule has 27 heavy (non-hydrogen) atoms. The Morgan fingerprint density at radius 3 is 2.74 bits per heavy atom. The highest BCUT2D eigenvalue weighted by Gasteiger charge is 2.34. The predicted octanol–water partition coefficient (Wildman–Crippen LogP) is 2.78. The molecular weight excluding hydrogens is 348 g/mol. The molecule has 0 bridgehead atoms. The van der Waals surface area contributed by atoms with Gasteiger partial charge in [-0.05, 0) is 50.1 Å². The van der Waals surface area contributed by atoms with Crippen LogP contribution in [0.25, 0.3) is 0 Å². The van der Waals surface area contributed by atoms with Crippen molar-refractivity contribution >= 4 is 11.8 Å². The molecule has 144 valence electrons. The molecule has 1 aliphatic rings. The number of carbonyl (C=O) groups is 2. The van der Waals surface area contributed by atoms with Gasteiger partial charge >= 0.3 is 0 Å². The van der Waals surface area contributed by atoms with E-state index in [-0.39, 0.29) is 17.7 Å². The van der Waals surface area contributed by atoms with Crippen molar-refractivity contribution in [1.82, 2.24) is 10.2 Å². The van der Waals surface area contributed by atoms with Crippen LogP contribution in [0.1, 0.15) is 41.9 Å². The maximum absolute atomic E-state index is 13.0. The molecule has 0 unspecified atom stereocenters. The summed E-state index contributed by atoms with van der Waals surface area (Å²) in [5.41, 5.74) is 0.910. The van der Waals surface area contributed by atoms with Crippen molar-refractivity contribution in [2.75, 3.05) is 20.8 Å². The van der Waals surface area contributed by atoms with E-state index in [1.807, 2.05) is 18.2 Å². The average Bonchev–Trinajstić information content (AvgIpc) is 3.38. The van der Waals surface area contributed by atoms with E-state index < -0.39 is 11.9 Å². The van der Waals surface area contributed by atoms with Crippen LogP contribution >= 0.6 is 0 Å². The Morgan fingerprint density at radius 2 is 2.07 bits per heavy atom. The first kappa shape index (κ1) is 18.8. The molecule has 1 aromatic carbocycles. The fourth-order valence-corrected chi connectivity index (χ4v) is 3.44. The minimum absolute atomic E-state index is 0.120. The van der Waals surface area contributed by atoms with Crippen molar-refractivity contribution in [3.05, 3.63) is 47.9 Å². The largest absolute Gasteiger partial charge is 0.497 e. The quantitative estimate of drug-likeness (QED) is 0.843. The lowest BCUT2D eigenvalue weighted by atomic mass is 10.0. The maximum Gasteiger partial charge on any atom is 0.287 e. The Balaban J connectivity index is 1.77. The fourth-order valence-electron chi connectivity index (χ4n) is 3.44. The van der Waals surface area contributed by atoms with Gasteiger partial charge < -0.3 is 24.1 Å². The van der Waals surface area contributed by atoms with Gasteiger partial charge in [-0.3, -0.25) is 9.59 Å². The molecule has 7 heteroatoms. The van der Waals surface area contributed by atoms with E-state index in [1.165, 1.54) is 6.26 Å². The zero-order valence-electron chi connectivity index (χ0n) is 15.7. The lowest BCUT2D eigenvalue weighted by Gasteiger charge is -2.29. The van der Waals surface area contributed by atoms with Crippen molar-refractivity contribution in [3.63, 3.8) is 0 Å². The Bertz CT molecular complexity index is 803. The summed E-state index contributed by atoms with van der Waals surface area (Å²) >= 11 is 0. The topological polar surface area (TPSA) is 81.0 Å². The number of nitrogens with zero attached hydrogens (tertiary/aromatic N) is 1. The first-order valence-electron chi connectivity index (χ1n) is 8.92. The number of amides is 2. The number of benzene rings is 1. The molecule has 1 N–H and O–H groups in total. The number of nitrogens with one attached hydrogen (secondary N) is 1. The molecule has 2 heterocycles. The number of carbonyl (C=O) groups excluding carboxylic acids is 2. The molecular formula is C20H24N2O5. The average molecular weight is 372 g/mol. The molecule has 2 atom stereocenters. The summed E-state index contributed by atoms with van der Waals surface area (Å²) in [5.74, 6) is 1.07. The molecule has 2 amide bonds. The lowest BCUT2D eigenvalue weighted by Crippen LogP contribution is -2.46. The third-order valence-electron chi connectivity index (χ3n) is 4.79. The summed E-state index contributed by atoms with van der Waals surface area (Å²) in [6.45, 7) is 2.31. The number of hydrogen-bond donors (Lipinski definition) is 1. The van der Waals surface area contributed by atoms with Gasteiger partial charge in [0.15, 0.2) is 5.76 Å². The zero-order chi connectivity index (χ0) is 19.4. The second kappa shape index (κ2) is 8.16. The first-order valence-corrected chi connectivity index (χ1v) is 8.92. The Kier molecular flexibility index (Phi) is 5.69. The number of methoxy groups -OCH3 is 2. The molecule has 0 spiro atoms. The molecule has 1 fully saturated rings. The van der Waals surface area contributed by atoms with E-state index >= 15 is 0 Å². The van der Waals surface area contributed by atoms with E-state index in [0.29, 0.717) is 18.0 Å². The smallest absolute Gasteiger partial charge is 0.287 e. The van der Waals surface area contributed by atoms with Crippen LogP contribution in [0.2, 0.25) is 0 Å². The third kappa shape index (κ3) is 3.92. The van der Waals surface area contributed by atoms with Crippen molar-refractivity contribution in [2.45, 2.75) is 31.8 Å². The van der Waals surface area contributed by atoms with Crippen molar-refractivity contribution in [1.29, 1.82) is 0 Å². The Morgan fingerprint density at radius 1 is 1.26 bits per heavy atom. The monoisotopic (exact) mass is 372 g/mol. The molecule has 3 rings (SSSR count). The van der Waals surface area contributed by atoms with Crippen LogP contribution in [0.5, 0.6) is 11.5 Å². The van der Waals surface area contributed by atoms with Crippen LogP contribution in [0.15, 0.2) is 41.0 Å². The summed E-state index contributed by atoms with van der Waals surface area (Å²) in [6, 6.07) is 7.98. The summed E-state index contributed by atoms with van der Waals surface area (Å²) in [6.07, 6.45) is 3.14. The molecule has 2 aromatic rings. The highest BCUT2D eigenvalue weighted by molar-refractivity contribution is 5.95. The zero-order valence-corrected chi connectivity index (χ0v) is 15.7. The molecule has 1 aromatic heterocycles. The van der Waals surface area contributed by atoms with Crippen LogP contribution in [-0.2, 0) is 4.79 Å². The minimum Gasteiger partial charge on any atom is -0.497 e. The van der Waals surface area contributed by atoms with Gasteiger partial charge in [0.05, 0.1) is 26.5 Å². The maximum atomic E-state index is 13.0. The highest BCUT2D eigenvalue weighted by Crippen LogP contribution is 2.39. The van der Waals surface area contributed by atoms with Gasteiger partial charge in [-0.2, -0.15) is 0 Å². The summed E-state index contributed by atoms with van der Waals surface area (Å²) in [4.78, 5) is 27.0. The summed E-state index contributed by atoms with van der Waals surface area (Å²) in [5, 5.41) is 2.70. The molecule has 1 aliphatic heterocycles. The van der Waals surface area contributed by atoms with E-state index in [4.69, 9.17) is 13.9 Å². The number of rotatable bonds is 6. The van der Waals surface area contributed by atoms with Gasteiger partial charge in [-0.25, -0.2) is 0 Å². The van der Waals surface area contributed by atoms with Gasteiger partial charge in [-0.15, -0.1) is 0 Å². The fraction of sp³-hybridized carbons (Fsp3) is 0.400. The molecule has 0 aliphatic carbocycles. The normalized spacial score (nSPS) is 17.4. The SMILES string of the molecule is COc1ccc(OC)c([C@@H]2CCCN2C(=O)[C@H](C)NC(=O)c2ccco2)c1. The van der Waals surface area contributed by atoms with Crippen LogP contribution < -0.4 is 14.8 Å². The lowest BCUT2D eigenvalue weighted by molar-refractivity contribution is -0.133. The number of likely N-dealkylation sites (tertiary alicyclic amines) is 1. The number of ether oxygens (including phenoxy) is 2. The Hall–Kier alpha value is -2.96. The van der Waals surface area contributed by atoms with Crippen molar-refractivity contribution < 1.29 is 23.5 Å². The number of hydrogen-bond acceptors (Lipinski definition) is 5. The predicted molar refractivity (Wildman–Crippen MR) is 98.9 cm³/mol. The second-order valence-corrected chi connectivity index (χ2v) is 6.47. The van der Waals surface area contributed by atoms with Gasteiger partial charge in [0, 0.05) is 12.1 Å². The van der Waals surface area contributed by atoms with E-state index in [1.54, 1.807) is 38.2 Å². The third-order valence-corrected chi connectivity index (χ3v) is 4.79. The van der Waals surface area contributed by atoms with Crippen LogP contribution in [0.3, 0.4) is 0 Å². The standard InChI is InChI=1S/C20H24N2O5/c1-13(21-19(23)18-7-5-11-27-18)20(24)22-10-4-6-16(22)15-12-14(25-2)8-9-17(15)26-3/h5,7-9,11-13,16H,4,6,10H2,1-3H3,(H,21,23)/t13-,16-/m0/s1. The Labute approximate surface area is 158 Å². The van der Waals surface area contributed by atoms with Crippen LogP contribution in [-0.4, -0.2) is 43.5 Å². The van der Waals surface area contributed by atoms with Gasteiger partial charge in [0.2, 0.25) is 5.91 Å². The minimum atomic E-state index is -0.667. The first-order chi connectivity index (χ1) is 13.0. The van der Waals surface area contributed by atoms with Crippen LogP contribution in [0.4, 0.5) is 0 Å². The summed E-state index contributed by atoms with van der Waals surface area (Å²) < 4.78 is 15.9. The molecule has 0 saturated carbocycles. The second-order valence-electron chi connectivity index (χ2n) is 6.47. The van der Waals surface area contributed by atoms with Crippen LogP contribution in [0, 0.1) is 0 Å². The van der Waals surface area contributed by atoms with E-state index in [2.05, 4.69) is 5.32 Å². The van der Waals surface area contributed by atoms with E-state index in [0.717, 1.165) is 18.4 Å². The summed E-state index contributed by atoms with van der Waals surface area (Å²) in [7, 11) is 3.22. The van der Waals surface area contributed by atoms with Crippen molar-refractivity contribution in [2.24, 2.45) is 0 Å². The van der Waals surface area contributed by atoms with Crippen molar-refractivity contribution in [3.8, 4) is 11.5 Å². The highest BCUT2D eigenvalue weighted by atomic mass is 16.5. The van der Waals surface area contributed by atoms with Gasteiger partial charge in [0.25, 0.3) is 5.91 Å². The van der Waals surface area contributed by atoms with E-state index in [9.17, 15) is 9.59 Å². The molecule has 0 radical (unpaired) electrons. The van der Waals surface area contributed by atoms with Gasteiger partial charge in [0.1, 0.15) is 17.5 Å².